The number of anilines is 1. The van der Waals surface area contributed by atoms with Gasteiger partial charge in [0.2, 0.25) is 33.6 Å². The van der Waals surface area contributed by atoms with E-state index < -0.39 is 98.4 Å². The molecule has 4 heterocycles. The summed E-state index contributed by atoms with van der Waals surface area (Å²) in [6.07, 6.45) is -5.47. The molecule has 396 valence electrons. The van der Waals surface area contributed by atoms with Crippen LogP contribution in [0, 0.1) is 10.1 Å². The molecule has 0 saturated carbocycles. The number of aromatic nitrogens is 3. The summed E-state index contributed by atoms with van der Waals surface area (Å²) in [5, 5.41) is 28.7. The Labute approximate surface area is 418 Å². The van der Waals surface area contributed by atoms with Crippen molar-refractivity contribution in [3.63, 3.8) is 0 Å². The maximum absolute atomic E-state index is 14.8. The number of sulfonamides is 1. The average Bonchev–Trinajstić information content (AvgIpc) is 3.36. The van der Waals surface area contributed by atoms with Crippen LogP contribution in [0.3, 0.4) is 0 Å². The number of pyridine rings is 3. The fourth-order valence-electron chi connectivity index (χ4n) is 7.86. The lowest BCUT2D eigenvalue weighted by atomic mass is 10.0. The SMILES string of the molecule is CCOc1ccc(C(=O)N2CCN(c3ccc(-c4cccnc4OCC)nc3CN(CCCNC(=O)C(CC(=O)NCCOCCN)NC(=O)O)S(=O)(=O)c3ccccc3[N+](=O)[O-])[C@H](CC)C2)c(C(F)(F)F)n1. The number of ether oxygens (including phenoxy) is 3. The van der Waals surface area contributed by atoms with E-state index in [1.165, 1.54) is 29.3 Å². The van der Waals surface area contributed by atoms with E-state index in [1.807, 2.05) is 10.2 Å². The van der Waals surface area contributed by atoms with Crippen LogP contribution in [-0.2, 0) is 37.1 Å². The van der Waals surface area contributed by atoms with E-state index in [0.29, 0.717) is 23.4 Å². The lowest BCUT2D eigenvalue weighted by molar-refractivity contribution is -0.387. The number of carbonyl (C=O) groups excluding carboxylic acids is 3. The molecule has 5 rings (SSSR count). The molecule has 1 aliphatic rings. The first kappa shape index (κ1) is 56.7. The van der Waals surface area contributed by atoms with Crippen molar-refractivity contribution in [2.24, 2.45) is 5.73 Å². The molecule has 0 aliphatic carbocycles. The second kappa shape index (κ2) is 26.5. The van der Waals surface area contributed by atoms with Crippen molar-refractivity contribution >= 4 is 45.2 Å². The lowest BCUT2D eigenvalue weighted by Gasteiger charge is -2.43. The second-order valence-electron chi connectivity index (χ2n) is 16.1. The summed E-state index contributed by atoms with van der Waals surface area (Å²) in [5.41, 5.74) is 3.80. The molecular formula is C46H58F3N11O12S. The predicted molar refractivity (Wildman–Crippen MR) is 257 cm³/mol. The number of alkyl halides is 3. The summed E-state index contributed by atoms with van der Waals surface area (Å²) < 4.78 is 89.6. The van der Waals surface area contributed by atoms with Crippen LogP contribution in [0.25, 0.3) is 11.3 Å². The maximum atomic E-state index is 14.8. The number of nitrogens with two attached hydrogens (primary N) is 1. The fraction of sp³-hybridized carbons (Fsp3) is 0.457. The Kier molecular flexibility index (Phi) is 20.5. The molecule has 27 heteroatoms. The van der Waals surface area contributed by atoms with Gasteiger partial charge in [-0.1, -0.05) is 19.1 Å². The molecule has 2 atom stereocenters. The van der Waals surface area contributed by atoms with E-state index >= 15 is 0 Å². The van der Waals surface area contributed by atoms with E-state index in [4.69, 9.17) is 24.9 Å². The highest BCUT2D eigenvalue weighted by Crippen LogP contribution is 2.36. The smallest absolute Gasteiger partial charge is 0.434 e. The number of nitro groups is 1. The zero-order chi connectivity index (χ0) is 53.3. The first-order chi connectivity index (χ1) is 34.8. The van der Waals surface area contributed by atoms with Gasteiger partial charge < -0.3 is 50.8 Å². The van der Waals surface area contributed by atoms with Crippen molar-refractivity contribution in [1.29, 1.82) is 0 Å². The number of hydrogen-bond acceptors (Lipinski definition) is 16. The Morgan fingerprint density at radius 3 is 2.41 bits per heavy atom. The highest BCUT2D eigenvalue weighted by Gasteiger charge is 2.41. The third-order valence-electron chi connectivity index (χ3n) is 11.2. The molecule has 0 bridgehead atoms. The van der Waals surface area contributed by atoms with Crippen LogP contribution < -0.4 is 36.1 Å². The van der Waals surface area contributed by atoms with E-state index in [0.717, 1.165) is 22.5 Å². The summed E-state index contributed by atoms with van der Waals surface area (Å²) in [7, 11) is -4.81. The monoisotopic (exact) mass is 1050 g/mol. The molecule has 1 unspecified atom stereocenters. The van der Waals surface area contributed by atoms with Gasteiger partial charge in [0, 0.05) is 70.2 Å². The number of hydrogen-bond donors (Lipinski definition) is 5. The number of para-hydroxylation sites is 1. The summed E-state index contributed by atoms with van der Waals surface area (Å²) in [6, 6.07) is 11.5. The van der Waals surface area contributed by atoms with Gasteiger partial charge in [-0.05, 0) is 63.1 Å². The van der Waals surface area contributed by atoms with Gasteiger partial charge in [-0.2, -0.15) is 17.5 Å². The number of piperazine rings is 1. The molecule has 0 radical (unpaired) electrons. The van der Waals surface area contributed by atoms with Crippen LogP contribution in [0.15, 0.2) is 71.8 Å². The Hall–Kier alpha value is -7.23. The Balaban J connectivity index is 1.51. The number of carboxylic acid groups (broad SMARTS) is 1. The fourth-order valence-corrected chi connectivity index (χ4v) is 9.46. The van der Waals surface area contributed by atoms with Gasteiger partial charge in [-0.15, -0.1) is 0 Å². The molecule has 1 aliphatic heterocycles. The summed E-state index contributed by atoms with van der Waals surface area (Å²) in [6.45, 7) is 4.76. The number of benzene rings is 1. The molecule has 6 N–H and O–H groups in total. The highest BCUT2D eigenvalue weighted by molar-refractivity contribution is 7.89. The van der Waals surface area contributed by atoms with Crippen LogP contribution in [0.1, 0.15) is 61.8 Å². The van der Waals surface area contributed by atoms with E-state index in [9.17, 15) is 56.0 Å². The molecule has 4 aromatic rings. The molecule has 0 spiro atoms. The quantitative estimate of drug-likeness (QED) is 0.0339. The van der Waals surface area contributed by atoms with Gasteiger partial charge in [0.25, 0.3) is 11.6 Å². The minimum Gasteiger partial charge on any atom is -0.478 e. The van der Waals surface area contributed by atoms with Gasteiger partial charge in [0.1, 0.15) is 6.04 Å². The molecule has 4 amide bonds. The third kappa shape index (κ3) is 15.2. The first-order valence-electron chi connectivity index (χ1n) is 23.2. The van der Waals surface area contributed by atoms with Crippen molar-refractivity contribution in [1.82, 2.24) is 40.1 Å². The van der Waals surface area contributed by atoms with Crippen molar-refractivity contribution in [3.8, 4) is 23.0 Å². The second-order valence-corrected chi connectivity index (χ2v) is 18.0. The van der Waals surface area contributed by atoms with Crippen molar-refractivity contribution in [3.05, 3.63) is 93.9 Å². The molecule has 3 aromatic heterocycles. The van der Waals surface area contributed by atoms with Gasteiger partial charge >= 0.3 is 12.3 Å². The largest absolute Gasteiger partial charge is 0.478 e. The van der Waals surface area contributed by atoms with E-state index in [1.54, 1.807) is 45.0 Å². The molecule has 73 heavy (non-hydrogen) atoms. The standard InChI is InChI=1S/C46H58F3N11O12S/c1-4-30-28-57(44(63)32-14-17-40(71-5-2)56-41(32)46(47,48)49)23-24-59(30)36-16-15-33(31-11-9-19-53-43(31)72-6-3)54-35(36)29-58(73(68,69)38-13-8-7-12-37(38)60(66)67)22-10-20-52-42(62)34(55-45(64)65)27-39(61)51-21-26-70-25-18-50/h7-9,11-17,19,30,34,55H,4-6,10,18,20-29,50H2,1-3H3,(H,51,61)(H,52,62)(H,64,65)/t30-,34?/m1/s1. The third-order valence-corrected chi connectivity index (χ3v) is 13.1. The minimum absolute atomic E-state index is 0.0374. The van der Waals surface area contributed by atoms with Gasteiger partial charge in [-0.25, -0.2) is 28.2 Å². The number of rotatable bonds is 26. The number of carbonyl (C=O) groups is 4. The Bertz CT molecular complexity index is 2690. The van der Waals surface area contributed by atoms with E-state index in [2.05, 4.69) is 20.6 Å². The van der Waals surface area contributed by atoms with Crippen LogP contribution in [0.5, 0.6) is 11.8 Å². The van der Waals surface area contributed by atoms with E-state index in [-0.39, 0.29) is 89.6 Å². The summed E-state index contributed by atoms with van der Waals surface area (Å²) in [4.78, 5) is 78.2. The number of amides is 4. The van der Waals surface area contributed by atoms with Crippen molar-refractivity contribution in [2.75, 3.05) is 77.1 Å². The van der Waals surface area contributed by atoms with Crippen LogP contribution in [-0.4, -0.2) is 151 Å². The predicted octanol–water partition coefficient (Wildman–Crippen LogP) is 3.82. The number of nitro benzene ring substituents is 1. The zero-order valence-electron chi connectivity index (χ0n) is 40.3. The molecule has 1 fully saturated rings. The molecular weight excluding hydrogens is 988 g/mol. The van der Waals surface area contributed by atoms with Gasteiger partial charge in [0.05, 0.1) is 72.5 Å². The number of nitrogens with one attached hydrogen (secondary N) is 3. The number of nitrogens with zero attached hydrogens (tertiary/aromatic N) is 7. The first-order valence-corrected chi connectivity index (χ1v) is 24.7. The van der Waals surface area contributed by atoms with Gasteiger partial charge in [-0.3, -0.25) is 24.5 Å². The van der Waals surface area contributed by atoms with Crippen LogP contribution in [0.2, 0.25) is 0 Å². The highest BCUT2D eigenvalue weighted by atomic mass is 32.2. The topological polar surface area (TPSA) is 304 Å². The zero-order valence-corrected chi connectivity index (χ0v) is 41.1. The molecule has 23 nitrogen and oxygen atoms in total. The van der Waals surface area contributed by atoms with Crippen molar-refractivity contribution in [2.45, 2.75) is 69.7 Å². The molecule has 1 aromatic carbocycles. The van der Waals surface area contributed by atoms with Gasteiger partial charge in [0.15, 0.2) is 10.6 Å². The summed E-state index contributed by atoms with van der Waals surface area (Å²) in [5.74, 6) is -2.58. The lowest BCUT2D eigenvalue weighted by Crippen LogP contribution is -2.55. The average molecular weight is 1050 g/mol. The van der Waals surface area contributed by atoms with Crippen LogP contribution >= 0.6 is 0 Å². The molecule has 1 saturated heterocycles. The Morgan fingerprint density at radius 2 is 1.73 bits per heavy atom. The normalized spacial score (nSPS) is 14.3. The van der Waals surface area contributed by atoms with Crippen molar-refractivity contribution < 1.29 is 65.0 Å². The minimum atomic E-state index is -4.99. The maximum Gasteiger partial charge on any atom is 0.434 e. The van der Waals surface area contributed by atoms with Crippen LogP contribution in [0.4, 0.5) is 29.3 Å². The Morgan fingerprint density at radius 1 is 0.973 bits per heavy atom. The summed E-state index contributed by atoms with van der Waals surface area (Å²) >= 11 is 0. The number of halogens is 3.